The maximum atomic E-state index is 13.8. The molecule has 0 aromatic heterocycles. The summed E-state index contributed by atoms with van der Waals surface area (Å²) in [6.07, 6.45) is -0.544. The van der Waals surface area contributed by atoms with Crippen molar-refractivity contribution in [1.29, 1.82) is 0 Å². The second-order valence-corrected chi connectivity index (χ2v) is 3.79. The summed E-state index contributed by atoms with van der Waals surface area (Å²) >= 11 is 5.88. The Morgan fingerprint density at radius 1 is 1.60 bits per heavy atom. The van der Waals surface area contributed by atoms with Crippen molar-refractivity contribution < 1.29 is 13.9 Å². The molecule has 80 valence electrons. The molecule has 1 aliphatic heterocycles. The third-order valence-electron chi connectivity index (χ3n) is 2.34. The van der Waals surface area contributed by atoms with Crippen LogP contribution in [0.1, 0.15) is 17.2 Å². The lowest BCUT2D eigenvalue weighted by atomic mass is 10.0. The zero-order chi connectivity index (χ0) is 11.0. The largest absolute Gasteiger partial charge is 0.447 e. The number of ether oxygens (including phenoxy) is 1. The Morgan fingerprint density at radius 3 is 2.93 bits per heavy atom. The van der Waals surface area contributed by atoms with E-state index in [0.717, 1.165) is 0 Å². The summed E-state index contributed by atoms with van der Waals surface area (Å²) in [7, 11) is 0. The van der Waals surface area contributed by atoms with E-state index in [0.29, 0.717) is 16.1 Å². The van der Waals surface area contributed by atoms with E-state index in [1.165, 1.54) is 0 Å². The van der Waals surface area contributed by atoms with Crippen LogP contribution in [0.4, 0.5) is 9.18 Å². The molecule has 1 saturated heterocycles. The number of benzene rings is 1. The lowest BCUT2D eigenvalue weighted by Gasteiger charge is -2.12. The van der Waals surface area contributed by atoms with Crippen molar-refractivity contribution >= 4 is 17.7 Å². The molecule has 1 heterocycles. The van der Waals surface area contributed by atoms with Crippen LogP contribution in [0.25, 0.3) is 0 Å². The first-order valence-electron chi connectivity index (χ1n) is 4.47. The Hall–Kier alpha value is -1.29. The molecule has 3 nitrogen and oxygen atoms in total. The molecule has 0 aliphatic carbocycles. The van der Waals surface area contributed by atoms with Gasteiger partial charge in [-0.2, -0.15) is 0 Å². The van der Waals surface area contributed by atoms with Gasteiger partial charge in [0.1, 0.15) is 12.4 Å². The second-order valence-electron chi connectivity index (χ2n) is 3.39. The van der Waals surface area contributed by atoms with Gasteiger partial charge in [0.15, 0.2) is 0 Å². The first-order chi connectivity index (χ1) is 7.09. The van der Waals surface area contributed by atoms with Gasteiger partial charge in [-0.1, -0.05) is 17.7 Å². The molecule has 1 aromatic rings. The summed E-state index contributed by atoms with van der Waals surface area (Å²) < 4.78 is 18.4. The molecule has 0 unspecified atom stereocenters. The SMILES string of the molecule is Cc1ccc(Cl)c([C@@H]2COC(=O)N2)c1F. The van der Waals surface area contributed by atoms with E-state index in [-0.39, 0.29) is 6.61 Å². The molecule has 1 atom stereocenters. The Bertz CT molecular complexity index is 422. The number of rotatable bonds is 1. The van der Waals surface area contributed by atoms with Gasteiger partial charge in [0.25, 0.3) is 0 Å². The van der Waals surface area contributed by atoms with Crippen LogP contribution >= 0.6 is 11.6 Å². The highest BCUT2D eigenvalue weighted by Gasteiger charge is 2.28. The third kappa shape index (κ3) is 1.77. The maximum Gasteiger partial charge on any atom is 0.407 e. The number of cyclic esters (lactones) is 1. The van der Waals surface area contributed by atoms with Crippen LogP contribution in [0, 0.1) is 12.7 Å². The van der Waals surface area contributed by atoms with Crippen LogP contribution in [0.2, 0.25) is 5.02 Å². The number of nitrogens with one attached hydrogen (secondary N) is 1. The Morgan fingerprint density at radius 2 is 2.33 bits per heavy atom. The summed E-state index contributed by atoms with van der Waals surface area (Å²) in [5.74, 6) is -0.390. The van der Waals surface area contributed by atoms with Gasteiger partial charge < -0.3 is 10.1 Å². The molecule has 5 heteroatoms. The van der Waals surface area contributed by atoms with Crippen molar-refractivity contribution in [3.8, 4) is 0 Å². The second kappa shape index (κ2) is 3.70. The number of hydrogen-bond donors (Lipinski definition) is 1. The molecule has 1 N–H and O–H groups in total. The van der Waals surface area contributed by atoms with Gasteiger partial charge in [-0.05, 0) is 18.6 Å². The van der Waals surface area contributed by atoms with Crippen molar-refractivity contribution in [2.24, 2.45) is 0 Å². The van der Waals surface area contributed by atoms with Gasteiger partial charge in [-0.25, -0.2) is 9.18 Å². The minimum atomic E-state index is -0.544. The standard InChI is InChI=1S/C10H9ClFNO2/c1-5-2-3-6(11)8(9(5)12)7-4-15-10(14)13-7/h2-3,7H,4H2,1H3,(H,13,14)/t7-/m0/s1. The average molecular weight is 230 g/mol. The van der Waals surface area contributed by atoms with Crippen LogP contribution < -0.4 is 5.32 Å². The Labute approximate surface area is 91.2 Å². The molecule has 0 bridgehead atoms. The average Bonchev–Trinajstić information content (AvgIpc) is 2.59. The van der Waals surface area contributed by atoms with Gasteiger partial charge in [0.05, 0.1) is 6.04 Å². The third-order valence-corrected chi connectivity index (χ3v) is 2.67. The van der Waals surface area contributed by atoms with Crippen molar-refractivity contribution in [2.75, 3.05) is 6.61 Å². The fourth-order valence-electron chi connectivity index (χ4n) is 1.54. The number of carbonyl (C=O) groups is 1. The highest BCUT2D eigenvalue weighted by atomic mass is 35.5. The molecular formula is C10H9ClFNO2. The zero-order valence-corrected chi connectivity index (χ0v) is 8.77. The van der Waals surface area contributed by atoms with E-state index in [9.17, 15) is 9.18 Å². The van der Waals surface area contributed by atoms with E-state index < -0.39 is 18.0 Å². The van der Waals surface area contributed by atoms with Crippen LogP contribution in [0.15, 0.2) is 12.1 Å². The fraction of sp³-hybridized carbons (Fsp3) is 0.300. The first-order valence-corrected chi connectivity index (χ1v) is 4.85. The zero-order valence-electron chi connectivity index (χ0n) is 8.01. The highest BCUT2D eigenvalue weighted by molar-refractivity contribution is 6.31. The molecule has 1 amide bonds. The number of alkyl carbamates (subject to hydrolysis) is 1. The lowest BCUT2D eigenvalue weighted by Crippen LogP contribution is -2.20. The number of carbonyl (C=O) groups excluding carboxylic acids is 1. The molecule has 1 fully saturated rings. The van der Waals surface area contributed by atoms with Crippen molar-refractivity contribution in [3.63, 3.8) is 0 Å². The lowest BCUT2D eigenvalue weighted by molar-refractivity contribution is 0.177. The molecule has 0 radical (unpaired) electrons. The monoisotopic (exact) mass is 229 g/mol. The fourth-order valence-corrected chi connectivity index (χ4v) is 1.82. The number of amides is 1. The van der Waals surface area contributed by atoms with Gasteiger partial charge in [-0.15, -0.1) is 0 Å². The minimum absolute atomic E-state index is 0.110. The maximum absolute atomic E-state index is 13.8. The molecule has 2 rings (SSSR count). The summed E-state index contributed by atoms with van der Waals surface area (Å²) in [5, 5.41) is 2.79. The molecule has 15 heavy (non-hydrogen) atoms. The van der Waals surface area contributed by atoms with Crippen LogP contribution in [-0.2, 0) is 4.74 Å². The quantitative estimate of drug-likeness (QED) is 0.804. The van der Waals surface area contributed by atoms with Gasteiger partial charge >= 0.3 is 6.09 Å². The predicted molar refractivity (Wildman–Crippen MR) is 53.4 cm³/mol. The molecule has 0 saturated carbocycles. The normalized spacial score (nSPS) is 19.9. The Balaban J connectivity index is 2.43. The van der Waals surface area contributed by atoms with Crippen LogP contribution in [0.3, 0.4) is 0 Å². The van der Waals surface area contributed by atoms with Gasteiger partial charge in [0.2, 0.25) is 0 Å². The summed E-state index contributed by atoms with van der Waals surface area (Å²) in [4.78, 5) is 10.8. The number of aryl methyl sites for hydroxylation is 1. The van der Waals surface area contributed by atoms with E-state index in [1.807, 2.05) is 0 Å². The Kier molecular flexibility index (Phi) is 2.52. The van der Waals surface area contributed by atoms with Crippen LogP contribution in [0.5, 0.6) is 0 Å². The molecule has 1 aliphatic rings. The summed E-state index contributed by atoms with van der Waals surface area (Å²) in [5.41, 5.74) is 0.790. The van der Waals surface area contributed by atoms with E-state index in [4.69, 9.17) is 16.3 Å². The summed E-state index contributed by atoms with van der Waals surface area (Å²) in [6, 6.07) is 2.71. The first kappa shape index (κ1) is 10.2. The van der Waals surface area contributed by atoms with Crippen molar-refractivity contribution in [3.05, 3.63) is 34.1 Å². The molecule has 1 aromatic carbocycles. The summed E-state index contributed by atoms with van der Waals surface area (Å²) in [6.45, 7) is 1.76. The molecular weight excluding hydrogens is 221 g/mol. The van der Waals surface area contributed by atoms with Crippen molar-refractivity contribution in [2.45, 2.75) is 13.0 Å². The van der Waals surface area contributed by atoms with Gasteiger partial charge in [0, 0.05) is 10.6 Å². The van der Waals surface area contributed by atoms with Gasteiger partial charge in [-0.3, -0.25) is 0 Å². The van der Waals surface area contributed by atoms with E-state index >= 15 is 0 Å². The van der Waals surface area contributed by atoms with E-state index in [1.54, 1.807) is 19.1 Å². The van der Waals surface area contributed by atoms with Crippen molar-refractivity contribution in [1.82, 2.24) is 5.32 Å². The minimum Gasteiger partial charge on any atom is -0.447 e. The highest BCUT2D eigenvalue weighted by Crippen LogP contribution is 2.29. The number of halogens is 2. The predicted octanol–water partition coefficient (Wildman–Crippen LogP) is 2.57. The van der Waals surface area contributed by atoms with E-state index in [2.05, 4.69) is 5.32 Å². The number of hydrogen-bond acceptors (Lipinski definition) is 2. The molecule has 0 spiro atoms. The topological polar surface area (TPSA) is 38.3 Å². The smallest absolute Gasteiger partial charge is 0.407 e. The van der Waals surface area contributed by atoms with Crippen LogP contribution in [-0.4, -0.2) is 12.7 Å².